The van der Waals surface area contributed by atoms with E-state index in [9.17, 15) is 4.39 Å². The molecule has 0 aliphatic carbocycles. The first-order valence-corrected chi connectivity index (χ1v) is 4.73. The third-order valence-electron chi connectivity index (χ3n) is 2.07. The van der Waals surface area contributed by atoms with Gasteiger partial charge in [-0.3, -0.25) is 0 Å². The van der Waals surface area contributed by atoms with E-state index in [1.165, 1.54) is 12.1 Å². The van der Waals surface area contributed by atoms with Crippen molar-refractivity contribution in [2.45, 2.75) is 26.3 Å². The van der Waals surface area contributed by atoms with Crippen LogP contribution in [0.2, 0.25) is 0 Å². The molecule has 0 heterocycles. The van der Waals surface area contributed by atoms with Gasteiger partial charge in [0.15, 0.2) is 0 Å². The molecule has 1 rings (SSSR count). The van der Waals surface area contributed by atoms with Crippen LogP contribution in [0.15, 0.2) is 24.3 Å². The third kappa shape index (κ3) is 3.15. The number of hydrogen-bond acceptors (Lipinski definition) is 1. The predicted molar refractivity (Wildman–Crippen MR) is 53.1 cm³/mol. The Bertz CT molecular complexity index is 243. The molecule has 1 atom stereocenters. The van der Waals surface area contributed by atoms with E-state index in [2.05, 4.69) is 19.2 Å². The molecule has 0 bridgehead atoms. The molecule has 1 aromatic carbocycles. The standard InChI is InChI=1S/C11H16FN/c1-3-8-13-9(2)10-4-6-11(12)7-5-10/h4-7,9,13H,3,8H2,1-2H3/t9-/m0/s1. The van der Waals surface area contributed by atoms with Crippen molar-refractivity contribution in [2.24, 2.45) is 0 Å². The van der Waals surface area contributed by atoms with E-state index < -0.39 is 0 Å². The molecule has 2 heteroatoms. The SMILES string of the molecule is CCCN[C@@H](C)c1ccc(F)cc1. The van der Waals surface area contributed by atoms with Crippen LogP contribution >= 0.6 is 0 Å². The van der Waals surface area contributed by atoms with Crippen molar-refractivity contribution in [3.05, 3.63) is 35.6 Å². The van der Waals surface area contributed by atoms with E-state index in [1.54, 1.807) is 0 Å². The molecule has 72 valence electrons. The molecule has 1 aromatic rings. The Kier molecular flexibility index (Phi) is 3.90. The monoisotopic (exact) mass is 181 g/mol. The maximum Gasteiger partial charge on any atom is 0.123 e. The van der Waals surface area contributed by atoms with E-state index in [0.29, 0.717) is 6.04 Å². The number of halogens is 1. The number of rotatable bonds is 4. The van der Waals surface area contributed by atoms with Gasteiger partial charge in [0.25, 0.3) is 0 Å². The molecule has 13 heavy (non-hydrogen) atoms. The molecule has 0 aliphatic heterocycles. The van der Waals surface area contributed by atoms with E-state index in [0.717, 1.165) is 18.5 Å². The third-order valence-corrected chi connectivity index (χ3v) is 2.07. The van der Waals surface area contributed by atoms with Gasteiger partial charge in [-0.05, 0) is 37.6 Å². The quantitative estimate of drug-likeness (QED) is 0.753. The van der Waals surface area contributed by atoms with Gasteiger partial charge in [-0.25, -0.2) is 4.39 Å². The van der Waals surface area contributed by atoms with Crippen LogP contribution in [0.4, 0.5) is 4.39 Å². The fourth-order valence-electron chi connectivity index (χ4n) is 1.23. The van der Waals surface area contributed by atoms with Crippen LogP contribution in [-0.2, 0) is 0 Å². The van der Waals surface area contributed by atoms with Gasteiger partial charge in [-0.1, -0.05) is 19.1 Å². The van der Waals surface area contributed by atoms with Crippen molar-refractivity contribution >= 4 is 0 Å². The average molecular weight is 181 g/mol. The lowest BCUT2D eigenvalue weighted by Crippen LogP contribution is -2.19. The van der Waals surface area contributed by atoms with Crippen molar-refractivity contribution in [1.29, 1.82) is 0 Å². The molecule has 0 spiro atoms. The second kappa shape index (κ2) is 4.97. The zero-order valence-corrected chi connectivity index (χ0v) is 8.18. The summed E-state index contributed by atoms with van der Waals surface area (Å²) >= 11 is 0. The smallest absolute Gasteiger partial charge is 0.123 e. The summed E-state index contributed by atoms with van der Waals surface area (Å²) in [7, 11) is 0. The Hall–Kier alpha value is -0.890. The zero-order chi connectivity index (χ0) is 9.68. The number of hydrogen-bond donors (Lipinski definition) is 1. The van der Waals surface area contributed by atoms with E-state index >= 15 is 0 Å². The van der Waals surface area contributed by atoms with Gasteiger partial charge in [0.05, 0.1) is 0 Å². The molecule has 0 saturated heterocycles. The summed E-state index contributed by atoms with van der Waals surface area (Å²) in [6.07, 6.45) is 1.12. The highest BCUT2D eigenvalue weighted by atomic mass is 19.1. The summed E-state index contributed by atoms with van der Waals surface area (Å²) in [5, 5.41) is 3.35. The molecule has 1 nitrogen and oxygen atoms in total. The topological polar surface area (TPSA) is 12.0 Å². The maximum atomic E-state index is 12.6. The minimum atomic E-state index is -0.175. The lowest BCUT2D eigenvalue weighted by molar-refractivity contribution is 0.567. The summed E-state index contributed by atoms with van der Waals surface area (Å²) in [6, 6.07) is 6.95. The highest BCUT2D eigenvalue weighted by molar-refractivity contribution is 5.19. The minimum absolute atomic E-state index is 0.175. The zero-order valence-electron chi connectivity index (χ0n) is 8.18. The van der Waals surface area contributed by atoms with Gasteiger partial charge in [0.2, 0.25) is 0 Å². The summed E-state index contributed by atoms with van der Waals surface area (Å²) in [5.41, 5.74) is 1.13. The van der Waals surface area contributed by atoms with Crippen LogP contribution in [0.1, 0.15) is 31.9 Å². The summed E-state index contributed by atoms with van der Waals surface area (Å²) < 4.78 is 12.6. The fourth-order valence-corrected chi connectivity index (χ4v) is 1.23. The molecule has 0 aliphatic rings. The van der Waals surface area contributed by atoms with Gasteiger partial charge in [-0.15, -0.1) is 0 Å². The van der Waals surface area contributed by atoms with Crippen molar-refractivity contribution in [3.8, 4) is 0 Å². The summed E-state index contributed by atoms with van der Waals surface area (Å²) in [4.78, 5) is 0. The van der Waals surface area contributed by atoms with Crippen LogP contribution in [-0.4, -0.2) is 6.54 Å². The van der Waals surface area contributed by atoms with Gasteiger partial charge < -0.3 is 5.32 Å². The lowest BCUT2D eigenvalue weighted by Gasteiger charge is -2.12. The Morgan fingerprint density at radius 1 is 1.31 bits per heavy atom. The Labute approximate surface area is 79.0 Å². The lowest BCUT2D eigenvalue weighted by atomic mass is 10.1. The Morgan fingerprint density at radius 3 is 2.46 bits per heavy atom. The Morgan fingerprint density at radius 2 is 1.92 bits per heavy atom. The largest absolute Gasteiger partial charge is 0.310 e. The van der Waals surface area contributed by atoms with Crippen LogP contribution in [0.3, 0.4) is 0 Å². The molecule has 1 N–H and O–H groups in total. The number of benzene rings is 1. The summed E-state index contributed by atoms with van der Waals surface area (Å²) in [6.45, 7) is 5.21. The maximum absolute atomic E-state index is 12.6. The van der Waals surface area contributed by atoms with Crippen LogP contribution in [0.25, 0.3) is 0 Å². The highest BCUT2D eigenvalue weighted by Crippen LogP contribution is 2.12. The van der Waals surface area contributed by atoms with Gasteiger partial charge in [0.1, 0.15) is 5.82 Å². The van der Waals surface area contributed by atoms with Crippen molar-refractivity contribution in [1.82, 2.24) is 5.32 Å². The second-order valence-electron chi connectivity index (χ2n) is 3.23. The molecule has 0 fully saturated rings. The van der Waals surface area contributed by atoms with Gasteiger partial charge in [-0.2, -0.15) is 0 Å². The predicted octanol–water partition coefficient (Wildman–Crippen LogP) is 2.89. The second-order valence-corrected chi connectivity index (χ2v) is 3.23. The van der Waals surface area contributed by atoms with Gasteiger partial charge in [0, 0.05) is 6.04 Å². The van der Waals surface area contributed by atoms with E-state index in [-0.39, 0.29) is 5.82 Å². The number of nitrogens with one attached hydrogen (secondary N) is 1. The Balaban J connectivity index is 2.55. The van der Waals surface area contributed by atoms with Crippen molar-refractivity contribution in [2.75, 3.05) is 6.54 Å². The first-order valence-electron chi connectivity index (χ1n) is 4.73. The average Bonchev–Trinajstić information content (AvgIpc) is 2.15. The highest BCUT2D eigenvalue weighted by Gasteiger charge is 2.02. The van der Waals surface area contributed by atoms with Crippen molar-refractivity contribution in [3.63, 3.8) is 0 Å². The molecule has 0 saturated carbocycles. The van der Waals surface area contributed by atoms with E-state index in [1.807, 2.05) is 12.1 Å². The first-order chi connectivity index (χ1) is 6.24. The van der Waals surface area contributed by atoms with Crippen LogP contribution in [0, 0.1) is 5.82 Å². The molecular weight excluding hydrogens is 165 g/mol. The van der Waals surface area contributed by atoms with Crippen LogP contribution < -0.4 is 5.32 Å². The van der Waals surface area contributed by atoms with Crippen molar-refractivity contribution < 1.29 is 4.39 Å². The van der Waals surface area contributed by atoms with Gasteiger partial charge >= 0.3 is 0 Å². The minimum Gasteiger partial charge on any atom is -0.310 e. The molecule has 0 aromatic heterocycles. The molecule has 0 radical (unpaired) electrons. The molecule has 0 amide bonds. The molecule has 0 unspecified atom stereocenters. The summed E-state index contributed by atoms with van der Waals surface area (Å²) in [5.74, 6) is -0.175. The normalized spacial score (nSPS) is 12.8. The fraction of sp³-hybridized carbons (Fsp3) is 0.455. The first kappa shape index (κ1) is 10.2. The van der Waals surface area contributed by atoms with E-state index in [4.69, 9.17) is 0 Å². The molecular formula is C11H16FN. The van der Waals surface area contributed by atoms with Crippen LogP contribution in [0.5, 0.6) is 0 Å².